The van der Waals surface area contributed by atoms with Crippen LogP contribution in [0.15, 0.2) is 36.4 Å². The molecule has 31 heavy (non-hydrogen) atoms. The van der Waals surface area contributed by atoms with Gasteiger partial charge in [-0.05, 0) is 67.5 Å². The Morgan fingerprint density at radius 2 is 2.00 bits per heavy atom. The average Bonchev–Trinajstić information content (AvgIpc) is 3.64. The summed E-state index contributed by atoms with van der Waals surface area (Å²) >= 11 is 6.25. The van der Waals surface area contributed by atoms with Crippen molar-refractivity contribution in [2.24, 2.45) is 5.92 Å². The van der Waals surface area contributed by atoms with Crippen LogP contribution in [-0.4, -0.2) is 43.3 Å². The Kier molecular flexibility index (Phi) is 6.06. The second-order valence-corrected chi connectivity index (χ2v) is 9.09. The molecule has 2 aromatic carbocycles. The van der Waals surface area contributed by atoms with Crippen molar-refractivity contribution in [3.63, 3.8) is 0 Å². The molecule has 0 bridgehead atoms. The first-order chi connectivity index (χ1) is 15.2. The van der Waals surface area contributed by atoms with E-state index in [1.807, 2.05) is 35.2 Å². The largest absolute Gasteiger partial charge is 0.487 e. The topological polar surface area (TPSA) is 48.0 Å². The van der Waals surface area contributed by atoms with E-state index >= 15 is 0 Å². The van der Waals surface area contributed by atoms with Gasteiger partial charge in [0, 0.05) is 29.7 Å². The van der Waals surface area contributed by atoms with Crippen LogP contribution >= 0.6 is 11.6 Å². The first kappa shape index (κ1) is 20.7. The van der Waals surface area contributed by atoms with E-state index in [1.54, 1.807) is 0 Å². The van der Waals surface area contributed by atoms with Crippen molar-refractivity contribution >= 4 is 17.5 Å². The summed E-state index contributed by atoms with van der Waals surface area (Å²) in [5.41, 5.74) is 2.99. The second kappa shape index (κ2) is 9.09. The van der Waals surface area contributed by atoms with Gasteiger partial charge in [-0.1, -0.05) is 23.7 Å². The zero-order chi connectivity index (χ0) is 21.2. The smallest absolute Gasteiger partial charge is 0.226 e. The number of ether oxygens (including phenoxy) is 3. The summed E-state index contributed by atoms with van der Waals surface area (Å²) < 4.78 is 18.2. The Bertz CT molecular complexity index is 953. The first-order valence-corrected chi connectivity index (χ1v) is 11.6. The molecule has 2 fully saturated rings. The van der Waals surface area contributed by atoms with Gasteiger partial charge in [-0.3, -0.25) is 4.79 Å². The zero-order valence-corrected chi connectivity index (χ0v) is 18.4. The van der Waals surface area contributed by atoms with Crippen LogP contribution in [0.3, 0.4) is 0 Å². The molecule has 3 aliphatic rings. The molecule has 2 aromatic rings. The van der Waals surface area contributed by atoms with Crippen molar-refractivity contribution in [3.05, 3.63) is 47.0 Å². The Morgan fingerprint density at radius 3 is 2.77 bits per heavy atom. The molecule has 2 aliphatic heterocycles. The van der Waals surface area contributed by atoms with Crippen molar-refractivity contribution in [2.75, 3.05) is 26.4 Å². The molecule has 6 heteroatoms. The van der Waals surface area contributed by atoms with Crippen LogP contribution < -0.4 is 9.47 Å². The molecule has 0 unspecified atom stereocenters. The summed E-state index contributed by atoms with van der Waals surface area (Å²) in [6.45, 7) is 2.90. The quantitative estimate of drug-likeness (QED) is 0.648. The molecule has 0 radical (unpaired) electrons. The summed E-state index contributed by atoms with van der Waals surface area (Å²) in [7, 11) is 0. The van der Waals surface area contributed by atoms with Gasteiger partial charge in [0.2, 0.25) is 5.91 Å². The van der Waals surface area contributed by atoms with E-state index in [9.17, 15) is 4.79 Å². The van der Waals surface area contributed by atoms with Gasteiger partial charge in [0.05, 0.1) is 12.6 Å². The molecule has 1 aliphatic carbocycles. The number of carbonyl (C=O) groups is 1. The van der Waals surface area contributed by atoms with Crippen molar-refractivity contribution < 1.29 is 19.0 Å². The maximum atomic E-state index is 12.7. The van der Waals surface area contributed by atoms with E-state index in [0.717, 1.165) is 54.7 Å². The second-order valence-electron chi connectivity index (χ2n) is 8.66. The van der Waals surface area contributed by atoms with Crippen LogP contribution in [-0.2, 0) is 16.1 Å². The van der Waals surface area contributed by atoms with Crippen LogP contribution in [0.1, 0.15) is 37.7 Å². The Balaban J connectivity index is 1.47. The van der Waals surface area contributed by atoms with Gasteiger partial charge in [-0.2, -0.15) is 0 Å². The number of carbonyl (C=O) groups excluding carboxylic acids is 1. The maximum absolute atomic E-state index is 12.7. The lowest BCUT2D eigenvalue weighted by Gasteiger charge is -2.24. The van der Waals surface area contributed by atoms with Gasteiger partial charge in [-0.25, -0.2) is 0 Å². The number of hydrogen-bond acceptors (Lipinski definition) is 4. The normalized spacial score (nSPS) is 21.1. The third-order valence-electron chi connectivity index (χ3n) is 6.20. The van der Waals surface area contributed by atoms with Crippen molar-refractivity contribution in [1.29, 1.82) is 0 Å². The maximum Gasteiger partial charge on any atom is 0.226 e. The summed E-state index contributed by atoms with van der Waals surface area (Å²) in [6.07, 6.45) is 5.41. The fourth-order valence-corrected chi connectivity index (χ4v) is 4.51. The van der Waals surface area contributed by atoms with Crippen molar-refractivity contribution in [3.8, 4) is 22.6 Å². The Morgan fingerprint density at radius 1 is 1.10 bits per heavy atom. The van der Waals surface area contributed by atoms with E-state index in [-0.39, 0.29) is 17.9 Å². The summed E-state index contributed by atoms with van der Waals surface area (Å²) in [4.78, 5) is 14.7. The van der Waals surface area contributed by atoms with Gasteiger partial charge < -0.3 is 19.1 Å². The molecule has 0 aromatic heterocycles. The molecular formula is C25H28ClNO4. The SMILES string of the molecule is O=C(C1CC1)N1CCOc2c(cc(-c3cccc(Cl)c3)cc2OC[C@H]2CCCCO2)C1. The summed E-state index contributed by atoms with van der Waals surface area (Å²) in [5.74, 6) is 1.88. The van der Waals surface area contributed by atoms with E-state index in [1.165, 1.54) is 6.42 Å². The first-order valence-electron chi connectivity index (χ1n) is 11.3. The van der Waals surface area contributed by atoms with Crippen LogP contribution in [0.2, 0.25) is 5.02 Å². The number of rotatable bonds is 5. The molecule has 5 nitrogen and oxygen atoms in total. The summed E-state index contributed by atoms with van der Waals surface area (Å²) in [5, 5.41) is 0.687. The highest BCUT2D eigenvalue weighted by Crippen LogP contribution is 2.40. The van der Waals surface area contributed by atoms with E-state index in [2.05, 4.69) is 6.07 Å². The molecule has 1 atom stereocenters. The van der Waals surface area contributed by atoms with Gasteiger partial charge in [0.25, 0.3) is 0 Å². The molecule has 1 saturated heterocycles. The van der Waals surface area contributed by atoms with Gasteiger partial charge in [0.1, 0.15) is 13.2 Å². The predicted molar refractivity (Wildman–Crippen MR) is 120 cm³/mol. The number of fused-ring (bicyclic) bond motifs is 1. The summed E-state index contributed by atoms with van der Waals surface area (Å²) in [6, 6.07) is 11.9. The van der Waals surface area contributed by atoms with E-state index < -0.39 is 0 Å². The monoisotopic (exact) mass is 441 g/mol. The minimum atomic E-state index is 0.109. The number of nitrogens with zero attached hydrogens (tertiary/aromatic N) is 1. The minimum Gasteiger partial charge on any atom is -0.487 e. The van der Waals surface area contributed by atoms with Crippen LogP contribution in [0.25, 0.3) is 11.1 Å². The Hall–Kier alpha value is -2.24. The van der Waals surface area contributed by atoms with Gasteiger partial charge in [-0.15, -0.1) is 0 Å². The highest BCUT2D eigenvalue weighted by atomic mass is 35.5. The molecule has 1 amide bonds. The van der Waals surface area contributed by atoms with Crippen LogP contribution in [0.5, 0.6) is 11.5 Å². The number of hydrogen-bond donors (Lipinski definition) is 0. The molecule has 0 spiro atoms. The van der Waals surface area contributed by atoms with Crippen molar-refractivity contribution in [2.45, 2.75) is 44.8 Å². The number of halogens is 1. The highest BCUT2D eigenvalue weighted by Gasteiger charge is 2.35. The van der Waals surface area contributed by atoms with Crippen molar-refractivity contribution in [1.82, 2.24) is 4.90 Å². The minimum absolute atomic E-state index is 0.109. The lowest BCUT2D eigenvalue weighted by atomic mass is 10.0. The van der Waals surface area contributed by atoms with Crippen LogP contribution in [0.4, 0.5) is 0 Å². The molecule has 5 rings (SSSR count). The zero-order valence-electron chi connectivity index (χ0n) is 17.6. The van der Waals surface area contributed by atoms with E-state index in [0.29, 0.717) is 37.1 Å². The fourth-order valence-electron chi connectivity index (χ4n) is 4.32. The van der Waals surface area contributed by atoms with E-state index in [4.69, 9.17) is 25.8 Å². The molecule has 164 valence electrons. The van der Waals surface area contributed by atoms with Gasteiger partial charge >= 0.3 is 0 Å². The highest BCUT2D eigenvalue weighted by molar-refractivity contribution is 6.30. The lowest BCUT2D eigenvalue weighted by molar-refractivity contribution is -0.133. The number of amides is 1. The Labute approximate surface area is 188 Å². The molecule has 2 heterocycles. The fraction of sp³-hybridized carbons (Fsp3) is 0.480. The van der Waals surface area contributed by atoms with Crippen LogP contribution in [0, 0.1) is 5.92 Å². The number of benzene rings is 2. The third-order valence-corrected chi connectivity index (χ3v) is 6.43. The van der Waals surface area contributed by atoms with Gasteiger partial charge in [0.15, 0.2) is 11.5 Å². The average molecular weight is 442 g/mol. The third kappa shape index (κ3) is 4.83. The molecular weight excluding hydrogens is 414 g/mol. The lowest BCUT2D eigenvalue weighted by Crippen LogP contribution is -2.33. The molecule has 0 N–H and O–H groups in total. The predicted octanol–water partition coefficient (Wildman–Crippen LogP) is 5.09. The standard InChI is InChI=1S/C25H28ClNO4/c26-21-5-3-4-18(13-21)19-12-20-15-27(25(28)17-7-8-17)9-11-30-24(20)23(14-19)31-16-22-6-1-2-10-29-22/h3-5,12-14,17,22H,1-2,6-11,15-16H2/t22-/m1/s1. The molecule has 1 saturated carbocycles.